The third-order valence-electron chi connectivity index (χ3n) is 4.91. The molecule has 1 aromatic carbocycles. The van der Waals surface area contributed by atoms with Crippen LogP contribution in [0.1, 0.15) is 34.1 Å². The second kappa shape index (κ2) is 11.2. The predicted molar refractivity (Wildman–Crippen MR) is 121 cm³/mol. The molecule has 0 radical (unpaired) electrons. The molecule has 0 bridgehead atoms. The summed E-state index contributed by atoms with van der Waals surface area (Å²) in [5.74, 6) is -5.37. The molecule has 1 aromatic rings. The molecule has 15 heteroatoms. The molecule has 2 atom stereocenters. The van der Waals surface area contributed by atoms with E-state index in [4.69, 9.17) is 5.11 Å². The number of likely N-dealkylation sites (N-methyl/N-ethyl adjacent to an activating group) is 1. The van der Waals surface area contributed by atoms with E-state index in [0.29, 0.717) is 0 Å². The summed E-state index contributed by atoms with van der Waals surface area (Å²) >= 11 is 0. The zero-order chi connectivity index (χ0) is 27.3. The van der Waals surface area contributed by atoms with Crippen molar-refractivity contribution in [3.05, 3.63) is 34.4 Å². The number of sulfonamides is 1. The summed E-state index contributed by atoms with van der Waals surface area (Å²) in [4.78, 5) is 58.9. The molecule has 0 saturated heterocycles. The number of nitro benzene ring substituents is 1. The van der Waals surface area contributed by atoms with Crippen molar-refractivity contribution < 1.29 is 42.7 Å². The first-order valence-electron chi connectivity index (χ1n) is 10.2. The number of carboxylic acid groups (broad SMARTS) is 2. The first-order chi connectivity index (χ1) is 15.9. The SMILES string of the molecule is CC(C)[C@@H](C(=O)N[C@@H](CC(=O)O)C(=O)O)N(C)C(=O)C(C)(C)NS(=O)(=O)c1ccc([N+](=O)[O-])cc1. The Bertz CT molecular complexity index is 1100. The average Bonchev–Trinajstić information content (AvgIpc) is 2.71. The quantitative estimate of drug-likeness (QED) is 0.218. The lowest BCUT2D eigenvalue weighted by Crippen LogP contribution is -2.61. The fourth-order valence-corrected chi connectivity index (χ4v) is 4.68. The number of carboxylic acids is 2. The number of carbonyl (C=O) groups excluding carboxylic acids is 2. The Kier molecular flexibility index (Phi) is 9.44. The summed E-state index contributed by atoms with van der Waals surface area (Å²) in [5.41, 5.74) is -2.12. The third kappa shape index (κ3) is 7.71. The molecule has 0 saturated carbocycles. The van der Waals surface area contributed by atoms with Gasteiger partial charge in [0.15, 0.2) is 0 Å². The van der Waals surface area contributed by atoms with Gasteiger partial charge in [0.2, 0.25) is 21.8 Å². The van der Waals surface area contributed by atoms with E-state index in [1.165, 1.54) is 20.9 Å². The minimum Gasteiger partial charge on any atom is -0.481 e. The molecule has 35 heavy (non-hydrogen) atoms. The van der Waals surface area contributed by atoms with Gasteiger partial charge in [0, 0.05) is 19.2 Å². The van der Waals surface area contributed by atoms with Crippen LogP contribution in [0.15, 0.2) is 29.2 Å². The van der Waals surface area contributed by atoms with Crippen LogP contribution in [0, 0.1) is 16.0 Å². The summed E-state index contributed by atoms with van der Waals surface area (Å²) in [5, 5.41) is 30.9. The molecule has 0 aliphatic heterocycles. The van der Waals surface area contributed by atoms with Crippen LogP contribution in [0.3, 0.4) is 0 Å². The number of benzene rings is 1. The maximum Gasteiger partial charge on any atom is 0.326 e. The summed E-state index contributed by atoms with van der Waals surface area (Å²) in [6, 6.07) is 0.988. The lowest BCUT2D eigenvalue weighted by Gasteiger charge is -2.36. The van der Waals surface area contributed by atoms with Crippen LogP contribution in [0.25, 0.3) is 0 Å². The Morgan fingerprint density at radius 2 is 1.63 bits per heavy atom. The van der Waals surface area contributed by atoms with Gasteiger partial charge < -0.3 is 20.4 Å². The highest BCUT2D eigenvalue weighted by Gasteiger charge is 2.41. The number of nitrogens with one attached hydrogen (secondary N) is 2. The van der Waals surface area contributed by atoms with Crippen LogP contribution in [0.4, 0.5) is 5.69 Å². The molecule has 0 aliphatic rings. The minimum absolute atomic E-state index is 0.327. The molecular formula is C20H28N4O10S. The van der Waals surface area contributed by atoms with Crippen molar-refractivity contribution in [3.63, 3.8) is 0 Å². The number of nitrogens with zero attached hydrogens (tertiary/aromatic N) is 2. The van der Waals surface area contributed by atoms with Crippen molar-refractivity contribution in [1.82, 2.24) is 14.9 Å². The van der Waals surface area contributed by atoms with Gasteiger partial charge >= 0.3 is 11.9 Å². The Hall–Kier alpha value is -3.59. The van der Waals surface area contributed by atoms with Gasteiger partial charge in [-0.1, -0.05) is 13.8 Å². The van der Waals surface area contributed by atoms with Crippen molar-refractivity contribution in [2.45, 2.75) is 56.6 Å². The average molecular weight is 517 g/mol. The summed E-state index contributed by atoms with van der Waals surface area (Å²) < 4.78 is 27.7. The molecule has 4 N–H and O–H groups in total. The van der Waals surface area contributed by atoms with Gasteiger partial charge in [-0.15, -0.1) is 0 Å². The molecule has 2 amide bonds. The van der Waals surface area contributed by atoms with Gasteiger partial charge in [0.1, 0.15) is 17.6 Å². The lowest BCUT2D eigenvalue weighted by molar-refractivity contribution is -0.384. The van der Waals surface area contributed by atoms with Gasteiger partial charge in [0.25, 0.3) is 5.69 Å². The summed E-state index contributed by atoms with van der Waals surface area (Å²) in [6.07, 6.45) is -0.885. The third-order valence-corrected chi connectivity index (χ3v) is 6.58. The van der Waals surface area contributed by atoms with E-state index in [-0.39, 0.29) is 10.6 Å². The van der Waals surface area contributed by atoms with E-state index in [2.05, 4.69) is 10.0 Å². The Morgan fingerprint density at radius 3 is 2.03 bits per heavy atom. The summed E-state index contributed by atoms with van der Waals surface area (Å²) in [7, 11) is -3.09. The minimum atomic E-state index is -4.31. The van der Waals surface area contributed by atoms with Crippen LogP contribution in [-0.4, -0.2) is 76.9 Å². The number of non-ortho nitro benzene ring substituents is 1. The van der Waals surface area contributed by atoms with Gasteiger partial charge in [-0.3, -0.25) is 24.5 Å². The largest absolute Gasteiger partial charge is 0.481 e. The van der Waals surface area contributed by atoms with Gasteiger partial charge in [-0.25, -0.2) is 13.2 Å². The molecule has 0 unspecified atom stereocenters. The molecular weight excluding hydrogens is 488 g/mol. The second-order valence-corrected chi connectivity index (χ2v) is 10.3. The molecule has 0 heterocycles. The van der Waals surface area contributed by atoms with Crippen molar-refractivity contribution in [2.24, 2.45) is 5.92 Å². The fraction of sp³-hybridized carbons (Fsp3) is 0.500. The highest BCUT2D eigenvalue weighted by molar-refractivity contribution is 7.89. The number of aliphatic carboxylic acids is 2. The van der Waals surface area contributed by atoms with Crippen LogP contribution in [0.2, 0.25) is 0 Å². The van der Waals surface area contributed by atoms with E-state index in [1.807, 2.05) is 0 Å². The van der Waals surface area contributed by atoms with Crippen molar-refractivity contribution >= 4 is 39.5 Å². The van der Waals surface area contributed by atoms with Gasteiger partial charge in [-0.05, 0) is 31.9 Å². The zero-order valence-electron chi connectivity index (χ0n) is 19.7. The molecule has 0 spiro atoms. The van der Waals surface area contributed by atoms with Crippen molar-refractivity contribution in [2.75, 3.05) is 7.05 Å². The highest BCUT2D eigenvalue weighted by Crippen LogP contribution is 2.20. The monoisotopic (exact) mass is 516 g/mol. The maximum atomic E-state index is 13.2. The van der Waals surface area contributed by atoms with E-state index in [1.54, 1.807) is 13.8 Å². The Labute approximate surface area is 201 Å². The van der Waals surface area contributed by atoms with Gasteiger partial charge in [0.05, 0.1) is 16.2 Å². The number of hydrogen-bond acceptors (Lipinski definition) is 8. The number of amides is 2. The number of hydrogen-bond donors (Lipinski definition) is 4. The highest BCUT2D eigenvalue weighted by atomic mass is 32.2. The predicted octanol–water partition coefficient (Wildman–Crippen LogP) is 0.179. The number of nitro groups is 1. The van der Waals surface area contributed by atoms with E-state index in [0.717, 1.165) is 29.2 Å². The first-order valence-corrected chi connectivity index (χ1v) is 11.7. The van der Waals surface area contributed by atoms with Crippen molar-refractivity contribution in [3.8, 4) is 0 Å². The number of carbonyl (C=O) groups is 4. The second-order valence-electron chi connectivity index (χ2n) is 8.58. The molecule has 0 aromatic heterocycles. The standard InChI is InChI=1S/C20H28N4O10S/c1-11(2)16(17(27)21-14(18(28)29)10-15(25)26)23(5)19(30)20(3,4)22-35(33,34)13-8-6-12(7-9-13)24(31)32/h6-9,11,14,16,22H,10H2,1-5H3,(H,21,27)(H,25,26)(H,28,29)/t14-,16-/m0/s1. The first kappa shape index (κ1) is 29.4. The summed E-state index contributed by atoms with van der Waals surface area (Å²) in [6.45, 7) is 5.62. The topological polar surface area (TPSA) is 213 Å². The van der Waals surface area contributed by atoms with Crippen molar-refractivity contribution in [1.29, 1.82) is 0 Å². The van der Waals surface area contributed by atoms with Crippen LogP contribution in [-0.2, 0) is 29.2 Å². The van der Waals surface area contributed by atoms with E-state index < -0.39 is 68.7 Å². The zero-order valence-corrected chi connectivity index (χ0v) is 20.5. The molecule has 0 aliphatic carbocycles. The smallest absolute Gasteiger partial charge is 0.326 e. The fourth-order valence-electron chi connectivity index (χ4n) is 3.31. The maximum absolute atomic E-state index is 13.2. The molecule has 0 fully saturated rings. The van der Waals surface area contributed by atoms with Crippen LogP contribution >= 0.6 is 0 Å². The van der Waals surface area contributed by atoms with E-state index in [9.17, 15) is 42.8 Å². The van der Waals surface area contributed by atoms with Crippen LogP contribution < -0.4 is 10.0 Å². The number of rotatable bonds is 12. The van der Waals surface area contributed by atoms with E-state index >= 15 is 0 Å². The molecule has 14 nitrogen and oxygen atoms in total. The molecule has 1 rings (SSSR count). The Balaban J connectivity index is 3.15. The lowest BCUT2D eigenvalue weighted by atomic mass is 9.97. The van der Waals surface area contributed by atoms with Gasteiger partial charge in [-0.2, -0.15) is 4.72 Å². The molecule has 194 valence electrons. The Morgan fingerprint density at radius 1 is 1.11 bits per heavy atom. The van der Waals surface area contributed by atoms with Crippen LogP contribution in [0.5, 0.6) is 0 Å². The normalized spacial score (nSPS) is 13.5.